The number of aromatic nitrogens is 3. The number of rotatable bonds is 1. The summed E-state index contributed by atoms with van der Waals surface area (Å²) in [5, 5.41) is 0. The third-order valence-electron chi connectivity index (χ3n) is 8.95. The van der Waals surface area contributed by atoms with Gasteiger partial charge in [-0.25, -0.2) is 23.5 Å². The Labute approximate surface area is 146 Å². The highest BCUT2D eigenvalue weighted by molar-refractivity contribution is 5.27. The van der Waals surface area contributed by atoms with Crippen LogP contribution in [0.4, 0.5) is 0 Å². The largest absolute Gasteiger partial charge is 0.348 e. The summed E-state index contributed by atoms with van der Waals surface area (Å²) in [6, 6.07) is 0.0681. The molecule has 5 heteroatoms. The zero-order valence-electron chi connectivity index (χ0n) is 15.1. The molecular weight excluding hydrogens is 314 g/mol. The summed E-state index contributed by atoms with van der Waals surface area (Å²) >= 11 is 0. The van der Waals surface area contributed by atoms with Crippen molar-refractivity contribution in [3.05, 3.63) is 45.3 Å². The maximum atomic E-state index is 13.4. The highest BCUT2D eigenvalue weighted by atomic mass is 16.2. The van der Waals surface area contributed by atoms with Gasteiger partial charge in [0.2, 0.25) is 0 Å². The Morgan fingerprint density at radius 1 is 0.920 bits per heavy atom. The van der Waals surface area contributed by atoms with E-state index >= 15 is 0 Å². The van der Waals surface area contributed by atoms with Gasteiger partial charge in [-0.3, -0.25) is 0 Å². The van der Waals surface area contributed by atoms with Gasteiger partial charge < -0.3 is 0 Å². The molecule has 25 heavy (non-hydrogen) atoms. The molecule has 0 saturated heterocycles. The summed E-state index contributed by atoms with van der Waals surface area (Å²) in [5.41, 5.74) is 0.0482. The number of hydrogen-bond acceptors (Lipinski definition) is 2. The van der Waals surface area contributed by atoms with Crippen molar-refractivity contribution in [2.45, 2.75) is 58.2 Å². The highest BCUT2D eigenvalue weighted by Gasteiger charge is 2.63. The molecule has 2 fully saturated rings. The van der Waals surface area contributed by atoms with E-state index in [0.717, 1.165) is 12.8 Å². The van der Waals surface area contributed by atoms with Gasteiger partial charge in [-0.05, 0) is 36.0 Å². The Balaban J connectivity index is 1.57. The maximum absolute atomic E-state index is 13.4. The number of fused-ring (bicyclic) bond motifs is 2. The van der Waals surface area contributed by atoms with Crippen LogP contribution in [0.3, 0.4) is 0 Å². The van der Waals surface area contributed by atoms with Crippen molar-refractivity contribution < 1.29 is 0 Å². The molecule has 3 heterocycles. The van der Waals surface area contributed by atoms with E-state index in [2.05, 4.69) is 45.1 Å². The van der Waals surface area contributed by atoms with E-state index in [1.165, 1.54) is 6.42 Å². The van der Waals surface area contributed by atoms with Crippen molar-refractivity contribution in [2.24, 2.45) is 28.6 Å². The van der Waals surface area contributed by atoms with Crippen LogP contribution in [-0.4, -0.2) is 13.9 Å². The van der Waals surface area contributed by atoms with Crippen molar-refractivity contribution in [3.63, 3.8) is 0 Å². The zero-order valence-corrected chi connectivity index (χ0v) is 15.1. The summed E-state index contributed by atoms with van der Waals surface area (Å²) in [4.78, 5) is 26.7. The van der Waals surface area contributed by atoms with Crippen LogP contribution in [0.5, 0.6) is 0 Å². The van der Waals surface area contributed by atoms with Crippen LogP contribution in [0.25, 0.3) is 0 Å². The molecule has 4 aliphatic carbocycles. The average Bonchev–Trinajstić information content (AvgIpc) is 3.00. The van der Waals surface area contributed by atoms with Crippen molar-refractivity contribution >= 4 is 0 Å². The monoisotopic (exact) mass is 339 g/mol. The van der Waals surface area contributed by atoms with Crippen LogP contribution < -0.4 is 11.4 Å². The molecule has 0 aromatic carbocycles. The summed E-state index contributed by atoms with van der Waals surface area (Å²) in [7, 11) is 0. The summed E-state index contributed by atoms with van der Waals surface area (Å²) < 4.78 is 5.17. The van der Waals surface area contributed by atoms with Gasteiger partial charge in [0.15, 0.2) is 0 Å². The van der Waals surface area contributed by atoms with Crippen LogP contribution in [0.1, 0.15) is 58.2 Å². The summed E-state index contributed by atoms with van der Waals surface area (Å²) in [5.74, 6) is 1.38. The molecule has 7 atom stereocenters. The predicted molar refractivity (Wildman–Crippen MR) is 94.6 cm³/mol. The van der Waals surface area contributed by atoms with E-state index in [1.54, 1.807) is 13.9 Å². The van der Waals surface area contributed by atoms with Gasteiger partial charge in [0.1, 0.15) is 0 Å². The van der Waals surface area contributed by atoms with E-state index in [-0.39, 0.29) is 40.3 Å². The minimum atomic E-state index is -0.0855. The first-order chi connectivity index (χ1) is 11.9. The van der Waals surface area contributed by atoms with Crippen molar-refractivity contribution in [3.8, 4) is 0 Å². The molecule has 0 N–H and O–H groups in total. The summed E-state index contributed by atoms with van der Waals surface area (Å²) in [6.45, 7) is 6.97. The van der Waals surface area contributed by atoms with Crippen LogP contribution in [0, 0.1) is 28.6 Å². The Morgan fingerprint density at radius 3 is 1.88 bits per heavy atom. The molecule has 0 radical (unpaired) electrons. The molecule has 5 nitrogen and oxygen atoms in total. The average molecular weight is 339 g/mol. The van der Waals surface area contributed by atoms with Gasteiger partial charge in [0, 0.05) is 17.9 Å². The molecule has 2 saturated carbocycles. The second kappa shape index (κ2) is 3.97. The molecule has 0 amide bonds. The van der Waals surface area contributed by atoms with Crippen molar-refractivity contribution in [2.75, 3.05) is 0 Å². The first-order valence-corrected chi connectivity index (χ1v) is 9.68. The molecule has 7 rings (SSSR count). The van der Waals surface area contributed by atoms with E-state index < -0.39 is 0 Å². The van der Waals surface area contributed by atoms with E-state index in [0.29, 0.717) is 17.8 Å². The lowest BCUT2D eigenvalue weighted by Gasteiger charge is -2.47. The van der Waals surface area contributed by atoms with E-state index in [4.69, 9.17) is 0 Å². The van der Waals surface area contributed by atoms with Gasteiger partial charge in [-0.15, -0.1) is 0 Å². The Kier molecular flexibility index (Phi) is 2.28. The molecule has 6 aliphatic rings. The van der Waals surface area contributed by atoms with Gasteiger partial charge in [-0.2, -0.15) is 0 Å². The molecule has 2 aliphatic heterocycles. The third kappa shape index (κ3) is 1.31. The van der Waals surface area contributed by atoms with Crippen LogP contribution in [0.2, 0.25) is 0 Å². The highest BCUT2D eigenvalue weighted by Crippen LogP contribution is 2.69. The fourth-order valence-corrected chi connectivity index (χ4v) is 6.87. The predicted octanol–water partition coefficient (Wildman–Crippen LogP) is 2.67. The van der Waals surface area contributed by atoms with Gasteiger partial charge in [0.25, 0.3) is 0 Å². The Hall–Kier alpha value is -1.78. The SMILES string of the molecule is CC1(C)[C@@H]2CC[C@@]1(C)[C@H](n1c(=O)n3n(c1=O)[C@@H]1C=C[C@@H]3[C@H]3C=C[C@@H]31)C2. The van der Waals surface area contributed by atoms with Crippen LogP contribution >= 0.6 is 0 Å². The lowest BCUT2D eigenvalue weighted by molar-refractivity contribution is 0.103. The maximum Gasteiger partial charge on any atom is 0.348 e. The Morgan fingerprint density at radius 2 is 1.48 bits per heavy atom. The Bertz CT molecular complexity index is 921. The second-order valence-corrected chi connectivity index (χ2v) is 9.66. The molecule has 1 aromatic heterocycles. The molecule has 132 valence electrons. The molecule has 0 unspecified atom stereocenters. The number of allylic oxidation sites excluding steroid dienone is 4. The van der Waals surface area contributed by atoms with Gasteiger partial charge >= 0.3 is 11.4 Å². The second-order valence-electron chi connectivity index (χ2n) is 9.66. The smallest absolute Gasteiger partial charge is 0.246 e. The normalized spacial score (nSPS) is 47.0. The van der Waals surface area contributed by atoms with Crippen LogP contribution in [-0.2, 0) is 0 Å². The fraction of sp³-hybridized carbons (Fsp3) is 0.700. The minimum Gasteiger partial charge on any atom is -0.246 e. The molecular formula is C20H25N3O2. The molecule has 4 bridgehead atoms. The number of hydrogen-bond donors (Lipinski definition) is 0. The van der Waals surface area contributed by atoms with Gasteiger partial charge in [0.05, 0.1) is 12.1 Å². The minimum absolute atomic E-state index is 0.0147. The standard InChI is InChI=1S/C20H25N3O2/c1-19(2)11-8-9-20(19,3)16(10-11)21-17(24)22-14-6-7-15(23(22)18(21)25)13-5-4-12(13)14/h4-7,11-16H,8-10H2,1-3H3/t11-,12+,13+,14-,15-,16-,20+/m1/s1. The zero-order chi connectivity index (χ0) is 17.3. The first-order valence-electron chi connectivity index (χ1n) is 9.68. The first kappa shape index (κ1) is 14.4. The third-order valence-corrected chi connectivity index (χ3v) is 8.95. The van der Waals surface area contributed by atoms with Crippen molar-refractivity contribution in [1.29, 1.82) is 0 Å². The lowest BCUT2D eigenvalue weighted by atomic mass is 9.68. The fourth-order valence-electron chi connectivity index (χ4n) is 6.87. The number of nitrogens with zero attached hydrogens (tertiary/aromatic N) is 3. The van der Waals surface area contributed by atoms with Crippen molar-refractivity contribution in [1.82, 2.24) is 13.9 Å². The topological polar surface area (TPSA) is 48.9 Å². The quantitative estimate of drug-likeness (QED) is 0.739. The van der Waals surface area contributed by atoms with E-state index in [1.807, 2.05) is 0 Å². The van der Waals surface area contributed by atoms with Crippen LogP contribution in [0.15, 0.2) is 33.9 Å². The van der Waals surface area contributed by atoms with E-state index in [9.17, 15) is 9.59 Å². The van der Waals surface area contributed by atoms with Gasteiger partial charge in [-0.1, -0.05) is 45.1 Å². The molecule has 0 spiro atoms. The molecule has 1 aromatic rings. The lowest BCUT2D eigenvalue weighted by Crippen LogP contribution is -2.50. The summed E-state index contributed by atoms with van der Waals surface area (Å²) in [6.07, 6.45) is 12.0.